The van der Waals surface area contributed by atoms with Crippen LogP contribution in [0.4, 0.5) is 0 Å². The van der Waals surface area contributed by atoms with Crippen LogP contribution in [0, 0.1) is 11.3 Å². The summed E-state index contributed by atoms with van der Waals surface area (Å²) in [6, 6.07) is 10.5. The molecule has 2 N–H and O–H groups in total. The molecule has 2 aliphatic rings. The second-order valence-corrected chi connectivity index (χ2v) is 7.58. The van der Waals surface area contributed by atoms with E-state index < -0.39 is 0 Å². The number of hydrogen-bond donors (Lipinski definition) is 1. The van der Waals surface area contributed by atoms with Crippen LogP contribution in [0.2, 0.25) is 0 Å². The van der Waals surface area contributed by atoms with Crippen LogP contribution in [0.3, 0.4) is 0 Å². The lowest BCUT2D eigenvalue weighted by atomic mass is 9.90. The van der Waals surface area contributed by atoms with E-state index in [1.54, 1.807) is 0 Å². The van der Waals surface area contributed by atoms with E-state index in [2.05, 4.69) is 41.0 Å². The number of nitrogens with zero attached hydrogens (tertiary/aromatic N) is 2. The minimum atomic E-state index is 0. The van der Waals surface area contributed by atoms with E-state index in [0.717, 1.165) is 52.0 Å². The molecular weight excluding hydrogens is 357 g/mol. The van der Waals surface area contributed by atoms with Crippen LogP contribution in [0.25, 0.3) is 0 Å². The molecule has 2 fully saturated rings. The summed E-state index contributed by atoms with van der Waals surface area (Å²) < 4.78 is 0. The molecule has 0 radical (unpaired) electrons. The number of amides is 1. The molecule has 0 bridgehead atoms. The molecule has 25 heavy (non-hydrogen) atoms. The Balaban J connectivity index is 0.00000156. The molecule has 2 aliphatic heterocycles. The van der Waals surface area contributed by atoms with Crippen molar-refractivity contribution in [3.05, 3.63) is 35.9 Å². The van der Waals surface area contributed by atoms with Crippen LogP contribution in [0.15, 0.2) is 30.3 Å². The molecule has 0 saturated carbocycles. The van der Waals surface area contributed by atoms with E-state index in [4.69, 9.17) is 5.73 Å². The van der Waals surface area contributed by atoms with Crippen molar-refractivity contribution in [3.8, 4) is 0 Å². The van der Waals surface area contributed by atoms with Crippen molar-refractivity contribution in [2.45, 2.75) is 32.7 Å². The maximum absolute atomic E-state index is 12.9. The van der Waals surface area contributed by atoms with Gasteiger partial charge >= 0.3 is 0 Å². The number of likely N-dealkylation sites (tertiary alicyclic amines) is 2. The van der Waals surface area contributed by atoms with Gasteiger partial charge in [0.25, 0.3) is 0 Å². The van der Waals surface area contributed by atoms with Crippen molar-refractivity contribution in [2.75, 3.05) is 32.7 Å². The highest BCUT2D eigenvalue weighted by Crippen LogP contribution is 2.31. The number of carbonyl (C=O) groups excluding carboxylic acids is 1. The number of hydrogen-bond acceptors (Lipinski definition) is 3. The van der Waals surface area contributed by atoms with Crippen molar-refractivity contribution in [1.29, 1.82) is 0 Å². The summed E-state index contributed by atoms with van der Waals surface area (Å²) in [6.07, 6.45) is 3.18. The van der Waals surface area contributed by atoms with Gasteiger partial charge in [-0.15, -0.1) is 24.8 Å². The van der Waals surface area contributed by atoms with Crippen LogP contribution >= 0.6 is 24.8 Å². The number of halogens is 2. The molecule has 1 amide bonds. The van der Waals surface area contributed by atoms with Gasteiger partial charge < -0.3 is 10.6 Å². The van der Waals surface area contributed by atoms with Gasteiger partial charge in [-0.3, -0.25) is 9.69 Å². The lowest BCUT2D eigenvalue weighted by molar-refractivity contribution is -0.136. The average Bonchev–Trinajstić information content (AvgIpc) is 2.98. The molecule has 2 heterocycles. The maximum atomic E-state index is 12.9. The second kappa shape index (κ2) is 9.77. The van der Waals surface area contributed by atoms with E-state index in [-0.39, 0.29) is 36.1 Å². The third-order valence-electron chi connectivity index (χ3n) is 5.47. The van der Waals surface area contributed by atoms with E-state index in [0.29, 0.717) is 12.5 Å². The summed E-state index contributed by atoms with van der Waals surface area (Å²) in [4.78, 5) is 17.3. The van der Waals surface area contributed by atoms with Gasteiger partial charge in [0.05, 0.1) is 5.92 Å². The minimum Gasteiger partial charge on any atom is -0.342 e. The lowest BCUT2D eigenvalue weighted by Gasteiger charge is -2.34. The Morgan fingerprint density at radius 1 is 1.24 bits per heavy atom. The molecule has 0 spiro atoms. The molecule has 4 nitrogen and oxygen atoms in total. The van der Waals surface area contributed by atoms with Gasteiger partial charge in [0.15, 0.2) is 0 Å². The molecule has 3 rings (SSSR count). The Morgan fingerprint density at radius 3 is 2.60 bits per heavy atom. The summed E-state index contributed by atoms with van der Waals surface area (Å²) in [5.74, 6) is 0.507. The first-order valence-corrected chi connectivity index (χ1v) is 8.85. The molecule has 6 heteroatoms. The molecule has 0 aliphatic carbocycles. The van der Waals surface area contributed by atoms with Gasteiger partial charge in [0, 0.05) is 26.2 Å². The number of rotatable bonds is 4. The smallest absolute Gasteiger partial charge is 0.226 e. The van der Waals surface area contributed by atoms with E-state index in [1.807, 2.05) is 6.07 Å². The van der Waals surface area contributed by atoms with Gasteiger partial charge in [-0.25, -0.2) is 0 Å². The third-order valence-corrected chi connectivity index (χ3v) is 5.47. The molecule has 1 aromatic carbocycles. The lowest BCUT2D eigenvalue weighted by Crippen LogP contribution is -2.44. The van der Waals surface area contributed by atoms with Crippen molar-refractivity contribution < 1.29 is 4.79 Å². The topological polar surface area (TPSA) is 49.6 Å². The fraction of sp³-hybridized carbons (Fsp3) is 0.632. The fourth-order valence-corrected chi connectivity index (χ4v) is 3.88. The van der Waals surface area contributed by atoms with Gasteiger partial charge in [-0.05, 0) is 43.3 Å². The molecule has 142 valence electrons. The fourth-order valence-electron chi connectivity index (χ4n) is 3.88. The van der Waals surface area contributed by atoms with Crippen molar-refractivity contribution in [2.24, 2.45) is 17.1 Å². The largest absolute Gasteiger partial charge is 0.342 e. The zero-order valence-electron chi connectivity index (χ0n) is 15.0. The summed E-state index contributed by atoms with van der Waals surface area (Å²) >= 11 is 0. The van der Waals surface area contributed by atoms with Crippen molar-refractivity contribution in [3.63, 3.8) is 0 Å². The first-order valence-electron chi connectivity index (χ1n) is 8.85. The Morgan fingerprint density at radius 2 is 1.96 bits per heavy atom. The van der Waals surface area contributed by atoms with Crippen LogP contribution < -0.4 is 5.73 Å². The molecule has 0 aromatic heterocycles. The number of piperidine rings is 1. The quantitative estimate of drug-likeness (QED) is 0.863. The first-order chi connectivity index (χ1) is 11.1. The second-order valence-electron chi connectivity index (χ2n) is 7.58. The SMILES string of the molecule is CC1(CN)CCN(C(=O)C2CCCN(Cc3ccccc3)C2)C1.Cl.Cl. The zero-order valence-corrected chi connectivity index (χ0v) is 16.7. The Bertz CT molecular complexity index is 543. The predicted molar refractivity (Wildman–Crippen MR) is 107 cm³/mol. The number of nitrogens with two attached hydrogens (primary N) is 1. The highest BCUT2D eigenvalue weighted by Gasteiger charge is 2.38. The van der Waals surface area contributed by atoms with Gasteiger partial charge in [-0.1, -0.05) is 37.3 Å². The van der Waals surface area contributed by atoms with Gasteiger partial charge in [0.2, 0.25) is 5.91 Å². The van der Waals surface area contributed by atoms with Crippen LogP contribution in [0.5, 0.6) is 0 Å². The van der Waals surface area contributed by atoms with E-state index in [9.17, 15) is 4.79 Å². The molecule has 1 aromatic rings. The Kier molecular flexibility index (Phi) is 8.69. The van der Waals surface area contributed by atoms with Crippen LogP contribution in [-0.2, 0) is 11.3 Å². The Hall–Kier alpha value is -0.810. The normalized spacial score (nSPS) is 26.6. The predicted octanol–water partition coefficient (Wildman–Crippen LogP) is 2.94. The first kappa shape index (κ1) is 22.2. The Labute approximate surface area is 163 Å². The summed E-state index contributed by atoms with van der Waals surface area (Å²) in [5.41, 5.74) is 7.32. The zero-order chi connectivity index (χ0) is 16.3. The van der Waals surface area contributed by atoms with Crippen LogP contribution in [-0.4, -0.2) is 48.4 Å². The molecule has 2 unspecified atom stereocenters. The third kappa shape index (κ3) is 5.58. The monoisotopic (exact) mass is 387 g/mol. The van der Waals surface area contributed by atoms with Crippen molar-refractivity contribution >= 4 is 30.7 Å². The van der Waals surface area contributed by atoms with E-state index >= 15 is 0 Å². The number of carbonyl (C=O) groups is 1. The van der Waals surface area contributed by atoms with Crippen molar-refractivity contribution in [1.82, 2.24) is 9.80 Å². The molecule has 2 saturated heterocycles. The average molecular weight is 388 g/mol. The highest BCUT2D eigenvalue weighted by atomic mass is 35.5. The van der Waals surface area contributed by atoms with E-state index in [1.165, 1.54) is 5.56 Å². The van der Waals surface area contributed by atoms with Gasteiger partial charge in [-0.2, -0.15) is 0 Å². The summed E-state index contributed by atoms with van der Waals surface area (Å²) in [7, 11) is 0. The molecule has 2 atom stereocenters. The molecular formula is C19H31Cl2N3O. The highest BCUT2D eigenvalue weighted by molar-refractivity contribution is 5.85. The van der Waals surface area contributed by atoms with Gasteiger partial charge in [0.1, 0.15) is 0 Å². The standard InChI is InChI=1S/C19H29N3O.2ClH/c1-19(14-20)9-11-22(15-19)18(23)17-8-5-10-21(13-17)12-16-6-3-2-4-7-16;;/h2-4,6-7,17H,5,8-15,20H2,1H3;2*1H. The summed E-state index contributed by atoms with van der Waals surface area (Å²) in [6.45, 7) is 7.51. The van der Waals surface area contributed by atoms with Crippen LogP contribution in [0.1, 0.15) is 31.7 Å². The minimum absolute atomic E-state index is 0. The summed E-state index contributed by atoms with van der Waals surface area (Å²) in [5, 5.41) is 0. The number of benzene rings is 1. The maximum Gasteiger partial charge on any atom is 0.226 e.